The van der Waals surface area contributed by atoms with Gasteiger partial charge in [-0.25, -0.2) is 4.79 Å². The molecule has 0 heterocycles. The fraction of sp³-hybridized carbons (Fsp3) is 0.222. The van der Waals surface area contributed by atoms with Crippen LogP contribution in [0.5, 0.6) is 0 Å². The Labute approximate surface area is 135 Å². The van der Waals surface area contributed by atoms with Crippen molar-refractivity contribution in [2.75, 3.05) is 6.26 Å². The smallest absolute Gasteiger partial charge is 0.313 e. The number of thioether (sulfide) groups is 1. The summed E-state index contributed by atoms with van der Waals surface area (Å²) in [5, 5.41) is 4.08. The van der Waals surface area contributed by atoms with Gasteiger partial charge in [0.2, 0.25) is 0 Å². The summed E-state index contributed by atoms with van der Waals surface area (Å²) in [5.74, 6) is -0.435. The first-order valence-electron chi connectivity index (χ1n) is 7.22. The molecule has 0 amide bonds. The lowest BCUT2D eigenvalue weighted by Gasteiger charge is -2.06. The number of rotatable bonds is 6. The molecule has 2 aromatic rings. The zero-order valence-corrected chi connectivity index (χ0v) is 13.6. The topological polar surface area (TPSA) is 38.7 Å². The quantitative estimate of drug-likeness (QED) is 0.334. The Morgan fingerprint density at radius 1 is 1.05 bits per heavy atom. The van der Waals surface area contributed by atoms with Crippen molar-refractivity contribution >= 4 is 23.4 Å². The second kappa shape index (κ2) is 8.39. The van der Waals surface area contributed by atoms with E-state index in [0.29, 0.717) is 5.56 Å². The lowest BCUT2D eigenvalue weighted by molar-refractivity contribution is 0.0515. The standard InChI is InChI=1S/C18H19NO2S/c1-3-7-17(14-10-12-16(22-2)13-11-14)19-21-18(20)15-8-5-4-6-9-15/h4-6,8-13H,3,7H2,1-2H3. The van der Waals surface area contributed by atoms with E-state index in [1.807, 2.05) is 36.6 Å². The van der Waals surface area contributed by atoms with Crippen LogP contribution in [0, 0.1) is 0 Å². The van der Waals surface area contributed by atoms with Crippen molar-refractivity contribution < 1.29 is 9.63 Å². The highest BCUT2D eigenvalue weighted by Crippen LogP contribution is 2.17. The first-order chi connectivity index (χ1) is 10.7. The maximum Gasteiger partial charge on any atom is 0.365 e. The van der Waals surface area contributed by atoms with E-state index in [4.69, 9.17) is 4.84 Å². The number of carbonyl (C=O) groups excluding carboxylic acids is 1. The van der Waals surface area contributed by atoms with Crippen molar-refractivity contribution in [1.82, 2.24) is 0 Å². The minimum atomic E-state index is -0.435. The zero-order chi connectivity index (χ0) is 15.8. The second-order valence-corrected chi connectivity index (χ2v) is 5.64. The lowest BCUT2D eigenvalue weighted by Crippen LogP contribution is -2.06. The third-order valence-corrected chi connectivity index (χ3v) is 3.90. The molecule has 3 nitrogen and oxygen atoms in total. The molecule has 0 saturated carbocycles. The van der Waals surface area contributed by atoms with Crippen molar-refractivity contribution in [3.05, 3.63) is 65.7 Å². The normalized spacial score (nSPS) is 11.3. The van der Waals surface area contributed by atoms with Gasteiger partial charge in [0, 0.05) is 4.90 Å². The largest absolute Gasteiger partial charge is 0.365 e. The van der Waals surface area contributed by atoms with Gasteiger partial charge < -0.3 is 4.84 Å². The molecule has 22 heavy (non-hydrogen) atoms. The lowest BCUT2D eigenvalue weighted by atomic mass is 10.1. The fourth-order valence-corrected chi connectivity index (χ4v) is 2.39. The predicted octanol–water partition coefficient (Wildman–Crippen LogP) is 4.77. The summed E-state index contributed by atoms with van der Waals surface area (Å²) >= 11 is 1.69. The number of oxime groups is 1. The van der Waals surface area contributed by atoms with Crippen LogP contribution in [0.25, 0.3) is 0 Å². The molecular formula is C18H19NO2S. The first-order valence-corrected chi connectivity index (χ1v) is 8.44. The summed E-state index contributed by atoms with van der Waals surface area (Å²) in [6, 6.07) is 17.0. The molecule has 0 aliphatic carbocycles. The summed E-state index contributed by atoms with van der Waals surface area (Å²) in [6.07, 6.45) is 3.74. The molecule has 0 N–H and O–H groups in total. The summed E-state index contributed by atoms with van der Waals surface area (Å²) in [7, 11) is 0. The molecule has 0 bridgehead atoms. The van der Waals surface area contributed by atoms with Crippen LogP contribution in [0.1, 0.15) is 35.7 Å². The maximum atomic E-state index is 12.0. The monoisotopic (exact) mass is 313 g/mol. The Kier molecular flexibility index (Phi) is 6.22. The number of carbonyl (C=O) groups is 1. The molecular weight excluding hydrogens is 294 g/mol. The van der Waals surface area contributed by atoms with Gasteiger partial charge in [0.15, 0.2) is 0 Å². The third-order valence-electron chi connectivity index (χ3n) is 3.16. The molecule has 114 valence electrons. The summed E-state index contributed by atoms with van der Waals surface area (Å²) in [4.78, 5) is 18.2. The Morgan fingerprint density at radius 2 is 1.73 bits per heavy atom. The van der Waals surface area contributed by atoms with Gasteiger partial charge in [-0.15, -0.1) is 11.8 Å². The van der Waals surface area contributed by atoms with Crippen LogP contribution >= 0.6 is 11.8 Å². The SMILES string of the molecule is CCCC(=NOC(=O)c1ccccc1)c1ccc(SC)cc1. The molecule has 2 rings (SSSR count). The summed E-state index contributed by atoms with van der Waals surface area (Å²) < 4.78 is 0. The zero-order valence-electron chi connectivity index (χ0n) is 12.8. The molecule has 0 atom stereocenters. The molecule has 0 unspecified atom stereocenters. The van der Waals surface area contributed by atoms with Crippen LogP contribution in [0.15, 0.2) is 64.6 Å². The van der Waals surface area contributed by atoms with Crippen molar-refractivity contribution in [1.29, 1.82) is 0 Å². The Balaban J connectivity index is 2.14. The van der Waals surface area contributed by atoms with E-state index in [2.05, 4.69) is 12.1 Å². The van der Waals surface area contributed by atoms with Gasteiger partial charge in [-0.3, -0.25) is 0 Å². The van der Waals surface area contributed by atoms with Crippen LogP contribution in [-0.4, -0.2) is 17.9 Å². The fourth-order valence-electron chi connectivity index (χ4n) is 1.99. The minimum Gasteiger partial charge on any atom is -0.313 e. The summed E-state index contributed by atoms with van der Waals surface area (Å²) in [5.41, 5.74) is 2.28. The molecule has 0 saturated heterocycles. The van der Waals surface area contributed by atoms with Crippen LogP contribution in [-0.2, 0) is 4.84 Å². The van der Waals surface area contributed by atoms with E-state index in [9.17, 15) is 4.79 Å². The van der Waals surface area contributed by atoms with Crippen molar-refractivity contribution in [3.63, 3.8) is 0 Å². The predicted molar refractivity (Wildman–Crippen MR) is 91.5 cm³/mol. The van der Waals surface area contributed by atoms with E-state index in [0.717, 1.165) is 24.1 Å². The highest BCUT2D eigenvalue weighted by atomic mass is 32.2. The van der Waals surface area contributed by atoms with Gasteiger partial charge in [-0.05, 0) is 42.5 Å². The van der Waals surface area contributed by atoms with Crippen molar-refractivity contribution in [2.24, 2.45) is 5.16 Å². The molecule has 0 aliphatic rings. The van der Waals surface area contributed by atoms with Crippen molar-refractivity contribution in [2.45, 2.75) is 24.7 Å². The van der Waals surface area contributed by atoms with Gasteiger partial charge in [-0.1, -0.05) is 48.8 Å². The molecule has 0 fully saturated rings. The number of hydrogen-bond donors (Lipinski definition) is 0. The van der Waals surface area contributed by atoms with Gasteiger partial charge in [-0.2, -0.15) is 0 Å². The van der Waals surface area contributed by atoms with Crippen LogP contribution < -0.4 is 0 Å². The van der Waals surface area contributed by atoms with Crippen molar-refractivity contribution in [3.8, 4) is 0 Å². The Bertz CT molecular complexity index is 636. The maximum absolute atomic E-state index is 12.0. The van der Waals surface area contributed by atoms with Gasteiger partial charge in [0.25, 0.3) is 0 Å². The molecule has 4 heteroatoms. The number of hydrogen-bond acceptors (Lipinski definition) is 4. The highest BCUT2D eigenvalue weighted by molar-refractivity contribution is 7.98. The average Bonchev–Trinajstić information content (AvgIpc) is 2.59. The average molecular weight is 313 g/mol. The van der Waals surface area contributed by atoms with Gasteiger partial charge in [0.1, 0.15) is 0 Å². The first kappa shape index (κ1) is 16.3. The molecule has 0 aliphatic heterocycles. The third kappa shape index (κ3) is 4.46. The second-order valence-electron chi connectivity index (χ2n) is 4.76. The summed E-state index contributed by atoms with van der Waals surface area (Å²) in [6.45, 7) is 2.07. The highest BCUT2D eigenvalue weighted by Gasteiger charge is 2.08. The molecule has 2 aromatic carbocycles. The van der Waals surface area contributed by atoms with Crippen LogP contribution in [0.3, 0.4) is 0 Å². The van der Waals surface area contributed by atoms with E-state index in [1.54, 1.807) is 36.0 Å². The van der Waals surface area contributed by atoms with Gasteiger partial charge in [0.05, 0.1) is 11.3 Å². The van der Waals surface area contributed by atoms with E-state index < -0.39 is 5.97 Å². The Hall–Kier alpha value is -2.07. The number of nitrogens with zero attached hydrogens (tertiary/aromatic N) is 1. The van der Waals surface area contributed by atoms with E-state index >= 15 is 0 Å². The van der Waals surface area contributed by atoms with Gasteiger partial charge >= 0.3 is 5.97 Å². The van der Waals surface area contributed by atoms with E-state index in [1.165, 1.54) is 4.90 Å². The van der Waals surface area contributed by atoms with E-state index in [-0.39, 0.29) is 0 Å². The minimum absolute atomic E-state index is 0.435. The number of benzene rings is 2. The molecule has 0 aromatic heterocycles. The van der Waals surface area contributed by atoms with Crippen LogP contribution in [0.2, 0.25) is 0 Å². The molecule has 0 radical (unpaired) electrons. The molecule has 0 spiro atoms. The Morgan fingerprint density at radius 3 is 2.32 bits per heavy atom. The van der Waals surface area contributed by atoms with Crippen LogP contribution in [0.4, 0.5) is 0 Å².